The van der Waals surface area contributed by atoms with E-state index in [1.54, 1.807) is 6.92 Å². The number of hydrogen-bond donors (Lipinski definition) is 1. The minimum absolute atomic E-state index is 0.167. The Kier molecular flexibility index (Phi) is 5.06. The smallest absolute Gasteiger partial charge is 0.407 e. The van der Waals surface area contributed by atoms with Gasteiger partial charge in [-0.05, 0) is 13.8 Å². The van der Waals surface area contributed by atoms with Crippen molar-refractivity contribution in [3.05, 3.63) is 0 Å². The molecule has 0 rings (SSSR count). The molecule has 0 saturated carbocycles. The van der Waals surface area contributed by atoms with Crippen LogP contribution in [0.2, 0.25) is 0 Å². The van der Waals surface area contributed by atoms with Crippen LogP contribution in [0.5, 0.6) is 0 Å². The molecule has 0 heterocycles. The number of amides is 1. The number of rotatable bonds is 4. The molecule has 0 aromatic heterocycles. The van der Waals surface area contributed by atoms with Crippen LogP contribution in [0.4, 0.5) is 4.79 Å². The molecule has 0 aromatic carbocycles. The number of hydrogen-bond acceptors (Lipinski definition) is 4. The number of ether oxygens (including phenoxy) is 2. The largest absolute Gasteiger partial charge is 0.453 e. The van der Waals surface area contributed by atoms with Gasteiger partial charge >= 0.3 is 6.09 Å². The standard InChI is InChI=1S/C8H15NO4/c1-5(10)7(6(2)12-3)9-8(11)13-4/h6-7H,1-4H3,(H,9,11)/t6?,7-/m1/s1. The van der Waals surface area contributed by atoms with Gasteiger partial charge in [0, 0.05) is 7.11 Å². The minimum Gasteiger partial charge on any atom is -0.453 e. The predicted octanol–water partition coefficient (Wildman–Crippen LogP) is 0.335. The summed E-state index contributed by atoms with van der Waals surface area (Å²) in [6.07, 6.45) is -0.999. The molecule has 76 valence electrons. The average molecular weight is 189 g/mol. The maximum Gasteiger partial charge on any atom is 0.407 e. The highest BCUT2D eigenvalue weighted by molar-refractivity contribution is 5.85. The Morgan fingerprint density at radius 1 is 1.31 bits per heavy atom. The van der Waals surface area contributed by atoms with E-state index in [-0.39, 0.29) is 11.9 Å². The van der Waals surface area contributed by atoms with Crippen LogP contribution in [0.15, 0.2) is 0 Å². The summed E-state index contributed by atoms with van der Waals surface area (Å²) in [4.78, 5) is 21.9. The zero-order valence-electron chi connectivity index (χ0n) is 8.29. The molecule has 0 aliphatic carbocycles. The summed E-state index contributed by atoms with van der Waals surface area (Å²) in [5.74, 6) is -0.167. The van der Waals surface area contributed by atoms with Gasteiger partial charge in [-0.1, -0.05) is 0 Å². The van der Waals surface area contributed by atoms with Gasteiger partial charge in [0.15, 0.2) is 5.78 Å². The highest BCUT2D eigenvalue weighted by atomic mass is 16.5. The molecule has 1 unspecified atom stereocenters. The fraction of sp³-hybridized carbons (Fsp3) is 0.750. The van der Waals surface area contributed by atoms with Crippen molar-refractivity contribution in [3.63, 3.8) is 0 Å². The zero-order valence-corrected chi connectivity index (χ0v) is 8.29. The van der Waals surface area contributed by atoms with E-state index in [9.17, 15) is 9.59 Å². The summed E-state index contributed by atoms with van der Waals surface area (Å²) in [6.45, 7) is 3.08. The van der Waals surface area contributed by atoms with Crippen LogP contribution in [0.25, 0.3) is 0 Å². The Balaban J connectivity index is 4.26. The van der Waals surface area contributed by atoms with E-state index in [4.69, 9.17) is 4.74 Å². The lowest BCUT2D eigenvalue weighted by Crippen LogP contribution is -2.47. The predicted molar refractivity (Wildman–Crippen MR) is 46.5 cm³/mol. The van der Waals surface area contributed by atoms with Gasteiger partial charge < -0.3 is 14.8 Å². The molecular weight excluding hydrogens is 174 g/mol. The first-order chi connectivity index (χ1) is 6.02. The van der Waals surface area contributed by atoms with Gasteiger partial charge in [-0.15, -0.1) is 0 Å². The molecule has 5 nitrogen and oxygen atoms in total. The van der Waals surface area contributed by atoms with Crippen LogP contribution in [0.1, 0.15) is 13.8 Å². The summed E-state index contributed by atoms with van der Waals surface area (Å²) in [5, 5.41) is 2.38. The molecule has 5 heteroatoms. The molecule has 0 fully saturated rings. The molecule has 0 aromatic rings. The summed E-state index contributed by atoms with van der Waals surface area (Å²) in [6, 6.07) is -0.655. The molecule has 0 spiro atoms. The van der Waals surface area contributed by atoms with Gasteiger partial charge in [0.05, 0.1) is 13.2 Å². The molecule has 2 atom stereocenters. The number of nitrogens with one attached hydrogen (secondary N) is 1. The van der Waals surface area contributed by atoms with Crippen molar-refractivity contribution in [2.24, 2.45) is 0 Å². The molecule has 0 bridgehead atoms. The van der Waals surface area contributed by atoms with Crippen molar-refractivity contribution in [3.8, 4) is 0 Å². The SMILES string of the molecule is COC(=O)N[C@H](C(C)=O)C(C)OC. The first-order valence-corrected chi connectivity index (χ1v) is 3.90. The maximum absolute atomic E-state index is 11.0. The van der Waals surface area contributed by atoms with Crippen LogP contribution >= 0.6 is 0 Å². The van der Waals surface area contributed by atoms with Crippen molar-refractivity contribution in [2.75, 3.05) is 14.2 Å². The second-order valence-electron chi connectivity index (χ2n) is 2.67. The summed E-state index contributed by atoms with van der Waals surface area (Å²) >= 11 is 0. The van der Waals surface area contributed by atoms with Crippen molar-refractivity contribution < 1.29 is 19.1 Å². The summed E-state index contributed by atoms with van der Waals surface area (Å²) in [7, 11) is 2.71. The van der Waals surface area contributed by atoms with Gasteiger partial charge in [0.2, 0.25) is 0 Å². The Labute approximate surface area is 77.4 Å². The average Bonchev–Trinajstić information content (AvgIpc) is 2.11. The zero-order chi connectivity index (χ0) is 10.4. The third-order valence-corrected chi connectivity index (χ3v) is 1.74. The van der Waals surface area contributed by atoms with Crippen LogP contribution in [0, 0.1) is 0 Å². The van der Waals surface area contributed by atoms with Gasteiger partial charge in [0.25, 0.3) is 0 Å². The van der Waals surface area contributed by atoms with E-state index in [1.807, 2.05) is 0 Å². The summed E-state index contributed by atoms with van der Waals surface area (Å²) < 4.78 is 9.30. The number of carbonyl (C=O) groups is 2. The van der Waals surface area contributed by atoms with Crippen molar-refractivity contribution in [1.29, 1.82) is 0 Å². The van der Waals surface area contributed by atoms with Crippen LogP contribution < -0.4 is 5.32 Å². The number of alkyl carbamates (subject to hydrolysis) is 1. The highest BCUT2D eigenvalue weighted by Crippen LogP contribution is 1.99. The van der Waals surface area contributed by atoms with E-state index >= 15 is 0 Å². The Morgan fingerprint density at radius 2 is 1.85 bits per heavy atom. The van der Waals surface area contributed by atoms with Gasteiger partial charge in [-0.3, -0.25) is 4.79 Å². The van der Waals surface area contributed by atoms with Crippen LogP contribution in [-0.2, 0) is 14.3 Å². The lowest BCUT2D eigenvalue weighted by molar-refractivity contribution is -0.121. The second-order valence-corrected chi connectivity index (χ2v) is 2.67. The Hall–Kier alpha value is -1.10. The van der Waals surface area contributed by atoms with Crippen molar-refractivity contribution in [1.82, 2.24) is 5.32 Å². The number of ketones is 1. The van der Waals surface area contributed by atoms with E-state index in [2.05, 4.69) is 10.1 Å². The third kappa shape index (κ3) is 3.89. The summed E-state index contributed by atoms with van der Waals surface area (Å²) in [5.41, 5.74) is 0. The fourth-order valence-corrected chi connectivity index (χ4v) is 0.871. The molecule has 13 heavy (non-hydrogen) atoms. The van der Waals surface area contributed by atoms with E-state index in [1.165, 1.54) is 21.1 Å². The van der Waals surface area contributed by atoms with Crippen molar-refractivity contribution in [2.45, 2.75) is 26.0 Å². The van der Waals surface area contributed by atoms with Gasteiger partial charge in [-0.25, -0.2) is 4.79 Å². The maximum atomic E-state index is 11.0. The molecule has 1 amide bonds. The first kappa shape index (κ1) is 11.9. The lowest BCUT2D eigenvalue weighted by atomic mass is 10.1. The molecule has 0 aliphatic rings. The van der Waals surface area contributed by atoms with E-state index in [0.717, 1.165) is 0 Å². The van der Waals surface area contributed by atoms with Gasteiger partial charge in [-0.2, -0.15) is 0 Å². The first-order valence-electron chi connectivity index (χ1n) is 3.90. The number of Topliss-reactive ketones (excluding diaryl/α,β-unsaturated/α-hetero) is 1. The molecule has 0 radical (unpaired) electrons. The Morgan fingerprint density at radius 3 is 2.15 bits per heavy atom. The molecular formula is C8H15NO4. The third-order valence-electron chi connectivity index (χ3n) is 1.74. The quantitative estimate of drug-likeness (QED) is 0.692. The van der Waals surface area contributed by atoms with E-state index in [0.29, 0.717) is 0 Å². The fourth-order valence-electron chi connectivity index (χ4n) is 0.871. The number of methoxy groups -OCH3 is 2. The topological polar surface area (TPSA) is 64.6 Å². The monoisotopic (exact) mass is 189 g/mol. The minimum atomic E-state index is -0.655. The second kappa shape index (κ2) is 5.53. The van der Waals surface area contributed by atoms with Crippen LogP contribution in [0.3, 0.4) is 0 Å². The van der Waals surface area contributed by atoms with Crippen LogP contribution in [-0.4, -0.2) is 38.2 Å². The molecule has 1 N–H and O–H groups in total. The van der Waals surface area contributed by atoms with E-state index < -0.39 is 12.1 Å². The number of carbonyl (C=O) groups excluding carboxylic acids is 2. The normalized spacial score (nSPS) is 14.5. The molecule has 0 saturated heterocycles. The van der Waals surface area contributed by atoms with Gasteiger partial charge in [0.1, 0.15) is 6.04 Å². The van der Waals surface area contributed by atoms with Crippen molar-refractivity contribution >= 4 is 11.9 Å². The highest BCUT2D eigenvalue weighted by Gasteiger charge is 2.23. The Bertz CT molecular complexity index is 193. The molecule has 0 aliphatic heterocycles. The lowest BCUT2D eigenvalue weighted by Gasteiger charge is -2.20.